The molecule has 1 aromatic heterocycles. The maximum atomic E-state index is 11.9. The van der Waals surface area contributed by atoms with Gasteiger partial charge in [-0.3, -0.25) is 4.79 Å². The van der Waals surface area contributed by atoms with Crippen LogP contribution in [0.5, 0.6) is 0 Å². The SMILES string of the molecule is Cc1cc(C(C)O)c2occ(C)c(=O)c2c1. The summed E-state index contributed by atoms with van der Waals surface area (Å²) in [5.74, 6) is 0. The summed E-state index contributed by atoms with van der Waals surface area (Å²) < 4.78 is 5.41. The van der Waals surface area contributed by atoms with Gasteiger partial charge >= 0.3 is 0 Å². The van der Waals surface area contributed by atoms with E-state index in [0.717, 1.165) is 5.56 Å². The first-order chi connectivity index (χ1) is 7.50. The number of aliphatic hydroxyl groups is 1. The van der Waals surface area contributed by atoms with Crippen LogP contribution in [0.2, 0.25) is 0 Å². The Morgan fingerprint density at radius 1 is 1.31 bits per heavy atom. The van der Waals surface area contributed by atoms with E-state index in [1.807, 2.05) is 13.0 Å². The Morgan fingerprint density at radius 3 is 2.62 bits per heavy atom. The third-order valence-corrected chi connectivity index (χ3v) is 2.67. The Labute approximate surface area is 93.3 Å². The molecule has 2 aromatic rings. The van der Waals surface area contributed by atoms with Gasteiger partial charge in [0.15, 0.2) is 5.43 Å². The summed E-state index contributed by atoms with van der Waals surface area (Å²) in [6.07, 6.45) is 0.791. The summed E-state index contributed by atoms with van der Waals surface area (Å²) >= 11 is 0. The first kappa shape index (κ1) is 10.9. The second-order valence-corrected chi connectivity index (χ2v) is 4.15. The van der Waals surface area contributed by atoms with Crippen LogP contribution in [0.15, 0.2) is 27.6 Å². The zero-order chi connectivity index (χ0) is 11.9. The molecule has 0 aliphatic rings. The fourth-order valence-electron chi connectivity index (χ4n) is 1.82. The summed E-state index contributed by atoms with van der Waals surface area (Å²) in [5, 5.41) is 10.2. The number of hydrogen-bond acceptors (Lipinski definition) is 3. The van der Waals surface area contributed by atoms with Crippen molar-refractivity contribution in [2.24, 2.45) is 0 Å². The number of hydrogen-bond donors (Lipinski definition) is 1. The first-order valence-corrected chi connectivity index (χ1v) is 5.21. The second-order valence-electron chi connectivity index (χ2n) is 4.15. The highest BCUT2D eigenvalue weighted by Crippen LogP contribution is 2.24. The van der Waals surface area contributed by atoms with E-state index in [1.54, 1.807) is 19.9 Å². The number of benzene rings is 1. The van der Waals surface area contributed by atoms with Gasteiger partial charge in [-0.15, -0.1) is 0 Å². The molecule has 0 radical (unpaired) electrons. The third kappa shape index (κ3) is 1.63. The van der Waals surface area contributed by atoms with Gasteiger partial charge in [-0.1, -0.05) is 0 Å². The zero-order valence-electron chi connectivity index (χ0n) is 9.57. The van der Waals surface area contributed by atoms with Crippen LogP contribution in [0.4, 0.5) is 0 Å². The van der Waals surface area contributed by atoms with E-state index in [-0.39, 0.29) is 5.43 Å². The fourth-order valence-corrected chi connectivity index (χ4v) is 1.82. The van der Waals surface area contributed by atoms with Crippen LogP contribution in [0, 0.1) is 13.8 Å². The van der Waals surface area contributed by atoms with Crippen LogP contribution in [-0.4, -0.2) is 5.11 Å². The molecular formula is C13H14O3. The van der Waals surface area contributed by atoms with Crippen molar-refractivity contribution in [2.75, 3.05) is 0 Å². The maximum absolute atomic E-state index is 11.9. The van der Waals surface area contributed by atoms with Crippen molar-refractivity contribution in [3.8, 4) is 0 Å². The van der Waals surface area contributed by atoms with Crippen LogP contribution in [0.25, 0.3) is 11.0 Å². The van der Waals surface area contributed by atoms with Crippen molar-refractivity contribution in [2.45, 2.75) is 26.9 Å². The predicted octanol–water partition coefficient (Wildman–Crippen LogP) is 2.46. The molecule has 0 amide bonds. The van der Waals surface area contributed by atoms with E-state index in [0.29, 0.717) is 22.1 Å². The first-order valence-electron chi connectivity index (χ1n) is 5.21. The summed E-state index contributed by atoms with van der Waals surface area (Å²) in [6, 6.07) is 3.63. The summed E-state index contributed by atoms with van der Waals surface area (Å²) in [5.41, 5.74) is 2.63. The lowest BCUT2D eigenvalue weighted by Gasteiger charge is -2.09. The second kappa shape index (κ2) is 3.76. The van der Waals surface area contributed by atoms with Gasteiger partial charge in [0.25, 0.3) is 0 Å². The summed E-state index contributed by atoms with van der Waals surface area (Å²) in [7, 11) is 0. The van der Waals surface area contributed by atoms with Gasteiger partial charge in [0.2, 0.25) is 0 Å². The van der Waals surface area contributed by atoms with Gasteiger partial charge in [0.1, 0.15) is 5.58 Å². The Morgan fingerprint density at radius 2 is 2.00 bits per heavy atom. The van der Waals surface area contributed by atoms with Crippen LogP contribution < -0.4 is 5.43 Å². The molecule has 0 saturated carbocycles. The highest BCUT2D eigenvalue weighted by atomic mass is 16.3. The standard InChI is InChI=1S/C13H14O3/c1-7-4-10(9(3)14)13-11(5-7)12(15)8(2)6-16-13/h4-6,9,14H,1-3H3. The minimum atomic E-state index is -0.645. The number of fused-ring (bicyclic) bond motifs is 1. The Balaban J connectivity index is 2.95. The minimum Gasteiger partial charge on any atom is -0.463 e. The van der Waals surface area contributed by atoms with Crippen molar-refractivity contribution in [1.29, 1.82) is 0 Å². The lowest BCUT2D eigenvalue weighted by molar-refractivity contribution is 0.199. The van der Waals surface area contributed by atoms with Crippen LogP contribution in [0.3, 0.4) is 0 Å². The molecule has 3 nitrogen and oxygen atoms in total. The Bertz CT molecular complexity index is 594. The highest BCUT2D eigenvalue weighted by Gasteiger charge is 2.12. The number of aliphatic hydroxyl groups excluding tert-OH is 1. The van der Waals surface area contributed by atoms with Crippen molar-refractivity contribution < 1.29 is 9.52 Å². The van der Waals surface area contributed by atoms with E-state index >= 15 is 0 Å². The molecule has 1 heterocycles. The van der Waals surface area contributed by atoms with Crippen molar-refractivity contribution in [3.63, 3.8) is 0 Å². The van der Waals surface area contributed by atoms with Gasteiger partial charge in [-0.25, -0.2) is 0 Å². The molecule has 0 aliphatic heterocycles. The fraction of sp³-hybridized carbons (Fsp3) is 0.308. The van der Waals surface area contributed by atoms with Crippen molar-refractivity contribution in [3.05, 3.63) is 45.3 Å². The molecule has 0 saturated heterocycles. The molecule has 1 N–H and O–H groups in total. The van der Waals surface area contributed by atoms with E-state index in [1.165, 1.54) is 6.26 Å². The van der Waals surface area contributed by atoms with Crippen LogP contribution >= 0.6 is 0 Å². The van der Waals surface area contributed by atoms with Crippen LogP contribution in [0.1, 0.15) is 29.7 Å². The van der Waals surface area contributed by atoms with E-state index < -0.39 is 6.10 Å². The molecule has 16 heavy (non-hydrogen) atoms. The maximum Gasteiger partial charge on any atom is 0.195 e. The normalized spacial score (nSPS) is 13.0. The minimum absolute atomic E-state index is 0.0353. The molecule has 0 fully saturated rings. The summed E-state index contributed by atoms with van der Waals surface area (Å²) in [6.45, 7) is 5.27. The van der Waals surface area contributed by atoms with E-state index in [2.05, 4.69) is 0 Å². The highest BCUT2D eigenvalue weighted by molar-refractivity contribution is 5.81. The lowest BCUT2D eigenvalue weighted by atomic mass is 10.0. The number of rotatable bonds is 1. The number of aryl methyl sites for hydroxylation is 2. The van der Waals surface area contributed by atoms with Gasteiger partial charge in [-0.2, -0.15) is 0 Å². The molecule has 3 heteroatoms. The van der Waals surface area contributed by atoms with Crippen molar-refractivity contribution >= 4 is 11.0 Å². The molecule has 1 unspecified atom stereocenters. The average Bonchev–Trinajstić information content (AvgIpc) is 2.23. The largest absolute Gasteiger partial charge is 0.463 e. The molecule has 1 atom stereocenters. The smallest absolute Gasteiger partial charge is 0.195 e. The molecule has 2 rings (SSSR count). The molecule has 1 aromatic carbocycles. The van der Waals surface area contributed by atoms with E-state index in [4.69, 9.17) is 4.42 Å². The molecular weight excluding hydrogens is 204 g/mol. The average molecular weight is 218 g/mol. The van der Waals surface area contributed by atoms with Gasteiger partial charge in [0, 0.05) is 11.1 Å². The third-order valence-electron chi connectivity index (χ3n) is 2.67. The monoisotopic (exact) mass is 218 g/mol. The molecule has 0 aliphatic carbocycles. The topological polar surface area (TPSA) is 50.4 Å². The molecule has 84 valence electrons. The Hall–Kier alpha value is -1.61. The van der Waals surface area contributed by atoms with Gasteiger partial charge in [-0.05, 0) is 38.5 Å². The summed E-state index contributed by atoms with van der Waals surface area (Å²) in [4.78, 5) is 11.9. The van der Waals surface area contributed by atoms with Gasteiger partial charge < -0.3 is 9.52 Å². The van der Waals surface area contributed by atoms with Gasteiger partial charge in [0.05, 0.1) is 17.8 Å². The molecule has 0 bridgehead atoms. The lowest BCUT2D eigenvalue weighted by Crippen LogP contribution is -2.07. The molecule has 0 spiro atoms. The Kier molecular flexibility index (Phi) is 2.56. The van der Waals surface area contributed by atoms with E-state index in [9.17, 15) is 9.90 Å². The zero-order valence-corrected chi connectivity index (χ0v) is 9.57. The quantitative estimate of drug-likeness (QED) is 0.799. The predicted molar refractivity (Wildman–Crippen MR) is 62.6 cm³/mol. The van der Waals surface area contributed by atoms with Crippen LogP contribution in [-0.2, 0) is 0 Å². The van der Waals surface area contributed by atoms with Crippen molar-refractivity contribution in [1.82, 2.24) is 0 Å².